The van der Waals surface area contributed by atoms with E-state index in [-0.39, 0.29) is 0 Å². The molecule has 0 aliphatic heterocycles. The normalized spacial score (nSPS) is 10.0. The maximum atomic E-state index is 5.08. The Labute approximate surface area is 94.8 Å². The fourth-order valence-corrected chi connectivity index (χ4v) is 1.27. The lowest BCUT2D eigenvalue weighted by atomic mass is 10.4. The SMILES string of the molecule is COCCCNC(=S)Nc1ccn(C)n1. The van der Waals surface area contributed by atoms with Crippen LogP contribution in [0, 0.1) is 0 Å². The summed E-state index contributed by atoms with van der Waals surface area (Å²) in [4.78, 5) is 0. The number of aryl methyl sites for hydroxylation is 1. The van der Waals surface area contributed by atoms with Gasteiger partial charge in [0.15, 0.2) is 10.9 Å². The summed E-state index contributed by atoms with van der Waals surface area (Å²) >= 11 is 5.08. The fraction of sp³-hybridized carbons (Fsp3) is 0.556. The topological polar surface area (TPSA) is 51.1 Å². The van der Waals surface area contributed by atoms with Crippen molar-refractivity contribution in [2.75, 3.05) is 25.6 Å². The summed E-state index contributed by atoms with van der Waals surface area (Å²) in [7, 11) is 3.55. The van der Waals surface area contributed by atoms with Crippen LogP contribution in [0.2, 0.25) is 0 Å². The largest absolute Gasteiger partial charge is 0.385 e. The van der Waals surface area contributed by atoms with Gasteiger partial charge in [0.1, 0.15) is 0 Å². The van der Waals surface area contributed by atoms with Crippen molar-refractivity contribution >= 4 is 23.1 Å². The van der Waals surface area contributed by atoms with Gasteiger partial charge in [0.25, 0.3) is 0 Å². The maximum Gasteiger partial charge on any atom is 0.171 e. The molecule has 0 amide bonds. The third-order valence-electron chi connectivity index (χ3n) is 1.77. The van der Waals surface area contributed by atoms with Gasteiger partial charge in [-0.25, -0.2) is 0 Å². The molecule has 15 heavy (non-hydrogen) atoms. The lowest BCUT2D eigenvalue weighted by Crippen LogP contribution is -2.29. The van der Waals surface area contributed by atoms with Crippen LogP contribution < -0.4 is 10.6 Å². The zero-order valence-electron chi connectivity index (χ0n) is 8.99. The Hall–Kier alpha value is -1.14. The second-order valence-corrected chi connectivity index (χ2v) is 3.51. The van der Waals surface area contributed by atoms with Crippen molar-refractivity contribution in [1.29, 1.82) is 0 Å². The Kier molecular flexibility index (Phi) is 5.06. The van der Waals surface area contributed by atoms with E-state index >= 15 is 0 Å². The lowest BCUT2D eigenvalue weighted by Gasteiger charge is -2.07. The van der Waals surface area contributed by atoms with Crippen molar-refractivity contribution < 1.29 is 4.74 Å². The van der Waals surface area contributed by atoms with E-state index in [0.29, 0.717) is 5.11 Å². The van der Waals surface area contributed by atoms with Crippen molar-refractivity contribution in [3.05, 3.63) is 12.3 Å². The second kappa shape index (κ2) is 6.36. The van der Waals surface area contributed by atoms with Crippen LogP contribution >= 0.6 is 12.2 Å². The van der Waals surface area contributed by atoms with Gasteiger partial charge in [0, 0.05) is 39.6 Å². The molecule has 0 unspecified atom stereocenters. The minimum atomic E-state index is 0.588. The molecule has 1 rings (SSSR count). The van der Waals surface area contributed by atoms with Gasteiger partial charge in [-0.2, -0.15) is 5.10 Å². The minimum absolute atomic E-state index is 0.588. The molecule has 5 nitrogen and oxygen atoms in total. The number of methoxy groups -OCH3 is 1. The van der Waals surface area contributed by atoms with E-state index in [0.717, 1.165) is 25.4 Å². The standard InChI is InChI=1S/C9H16N4OS/c1-13-6-4-8(12-13)11-9(15)10-5-3-7-14-2/h4,6H,3,5,7H2,1-2H3,(H2,10,11,12,15). The zero-order valence-corrected chi connectivity index (χ0v) is 9.80. The predicted octanol–water partition coefficient (Wildman–Crippen LogP) is 0.743. The van der Waals surface area contributed by atoms with E-state index in [1.165, 1.54) is 0 Å². The molecule has 0 radical (unpaired) electrons. The molecular formula is C9H16N4OS. The third-order valence-corrected chi connectivity index (χ3v) is 2.01. The first-order valence-electron chi connectivity index (χ1n) is 4.76. The minimum Gasteiger partial charge on any atom is -0.385 e. The van der Waals surface area contributed by atoms with Gasteiger partial charge in [-0.05, 0) is 18.6 Å². The molecular weight excluding hydrogens is 212 g/mol. The van der Waals surface area contributed by atoms with E-state index < -0.39 is 0 Å². The van der Waals surface area contributed by atoms with Gasteiger partial charge in [-0.3, -0.25) is 4.68 Å². The maximum absolute atomic E-state index is 5.08. The average molecular weight is 228 g/mol. The number of nitrogens with zero attached hydrogens (tertiary/aromatic N) is 2. The molecule has 1 heterocycles. The molecule has 6 heteroatoms. The molecule has 0 atom stereocenters. The van der Waals surface area contributed by atoms with Crippen LogP contribution in [0.25, 0.3) is 0 Å². The van der Waals surface area contributed by atoms with Gasteiger partial charge >= 0.3 is 0 Å². The van der Waals surface area contributed by atoms with E-state index in [2.05, 4.69) is 15.7 Å². The Balaban J connectivity index is 2.18. The van der Waals surface area contributed by atoms with Crippen molar-refractivity contribution in [3.63, 3.8) is 0 Å². The summed E-state index contributed by atoms with van der Waals surface area (Å²) in [5.41, 5.74) is 0. The Bertz CT molecular complexity index is 313. The first kappa shape index (κ1) is 11.9. The molecule has 1 aromatic rings. The summed E-state index contributed by atoms with van der Waals surface area (Å²) in [6.07, 6.45) is 2.79. The molecule has 0 saturated carbocycles. The zero-order chi connectivity index (χ0) is 11.1. The molecule has 0 aliphatic rings. The van der Waals surface area contributed by atoms with Crippen molar-refractivity contribution in [2.45, 2.75) is 6.42 Å². The quantitative estimate of drug-likeness (QED) is 0.575. The van der Waals surface area contributed by atoms with Gasteiger partial charge in [-0.15, -0.1) is 0 Å². The summed E-state index contributed by atoms with van der Waals surface area (Å²) in [6.45, 7) is 1.53. The van der Waals surface area contributed by atoms with Crippen LogP contribution in [0.15, 0.2) is 12.3 Å². The fourth-order valence-electron chi connectivity index (χ4n) is 1.06. The number of ether oxygens (including phenoxy) is 1. The Morgan fingerprint density at radius 1 is 1.67 bits per heavy atom. The Morgan fingerprint density at radius 3 is 3.07 bits per heavy atom. The molecule has 0 bridgehead atoms. The van der Waals surface area contributed by atoms with Gasteiger partial charge < -0.3 is 15.4 Å². The number of aromatic nitrogens is 2. The van der Waals surface area contributed by atoms with Crippen LogP contribution in [0.3, 0.4) is 0 Å². The van der Waals surface area contributed by atoms with Gasteiger partial charge in [-0.1, -0.05) is 0 Å². The van der Waals surface area contributed by atoms with Crippen LogP contribution in [-0.2, 0) is 11.8 Å². The highest BCUT2D eigenvalue weighted by Crippen LogP contribution is 1.99. The summed E-state index contributed by atoms with van der Waals surface area (Å²) < 4.78 is 6.64. The summed E-state index contributed by atoms with van der Waals surface area (Å²) in [6, 6.07) is 1.86. The summed E-state index contributed by atoms with van der Waals surface area (Å²) in [5.74, 6) is 0.752. The van der Waals surface area contributed by atoms with Crippen molar-refractivity contribution in [3.8, 4) is 0 Å². The molecule has 0 aromatic carbocycles. The van der Waals surface area contributed by atoms with Crippen LogP contribution in [0.5, 0.6) is 0 Å². The van der Waals surface area contributed by atoms with Crippen LogP contribution in [-0.4, -0.2) is 35.2 Å². The van der Waals surface area contributed by atoms with Crippen LogP contribution in [0.4, 0.5) is 5.82 Å². The van der Waals surface area contributed by atoms with E-state index in [4.69, 9.17) is 17.0 Å². The molecule has 1 aromatic heterocycles. The average Bonchev–Trinajstić information content (AvgIpc) is 2.59. The number of anilines is 1. The molecule has 84 valence electrons. The Morgan fingerprint density at radius 2 is 2.47 bits per heavy atom. The monoisotopic (exact) mass is 228 g/mol. The highest BCUT2D eigenvalue weighted by molar-refractivity contribution is 7.80. The first-order chi connectivity index (χ1) is 7.22. The third kappa shape index (κ3) is 4.75. The smallest absolute Gasteiger partial charge is 0.171 e. The number of thiocarbonyl (C=S) groups is 1. The predicted molar refractivity (Wildman–Crippen MR) is 63.9 cm³/mol. The van der Waals surface area contributed by atoms with Crippen molar-refractivity contribution in [1.82, 2.24) is 15.1 Å². The van der Waals surface area contributed by atoms with E-state index in [1.807, 2.05) is 19.3 Å². The van der Waals surface area contributed by atoms with Gasteiger partial charge in [0.05, 0.1) is 0 Å². The number of nitrogens with one attached hydrogen (secondary N) is 2. The molecule has 0 aliphatic carbocycles. The highest BCUT2D eigenvalue weighted by Gasteiger charge is 1.98. The highest BCUT2D eigenvalue weighted by atomic mass is 32.1. The molecule has 0 spiro atoms. The number of rotatable bonds is 5. The molecule has 0 fully saturated rings. The second-order valence-electron chi connectivity index (χ2n) is 3.10. The summed E-state index contributed by atoms with van der Waals surface area (Å²) in [5, 5.41) is 10.8. The van der Waals surface area contributed by atoms with Gasteiger partial charge in [0.2, 0.25) is 0 Å². The molecule has 2 N–H and O–H groups in total. The van der Waals surface area contributed by atoms with Crippen LogP contribution in [0.1, 0.15) is 6.42 Å². The lowest BCUT2D eigenvalue weighted by molar-refractivity contribution is 0.196. The van der Waals surface area contributed by atoms with E-state index in [9.17, 15) is 0 Å². The number of hydrogen-bond donors (Lipinski definition) is 2. The first-order valence-corrected chi connectivity index (χ1v) is 5.16. The molecule has 0 saturated heterocycles. The number of hydrogen-bond acceptors (Lipinski definition) is 3. The van der Waals surface area contributed by atoms with E-state index in [1.54, 1.807) is 11.8 Å². The van der Waals surface area contributed by atoms with Crippen molar-refractivity contribution in [2.24, 2.45) is 7.05 Å².